The van der Waals surface area contributed by atoms with Gasteiger partial charge < -0.3 is 9.80 Å². The van der Waals surface area contributed by atoms with E-state index in [9.17, 15) is 22.8 Å². The molecule has 0 unspecified atom stereocenters. The summed E-state index contributed by atoms with van der Waals surface area (Å²) in [6.07, 6.45) is -1.80. The number of rotatable bonds is 1. The van der Waals surface area contributed by atoms with Crippen LogP contribution < -0.4 is 0 Å². The Morgan fingerprint density at radius 3 is 2.64 bits per heavy atom. The van der Waals surface area contributed by atoms with E-state index in [0.717, 1.165) is 18.9 Å². The first kappa shape index (κ1) is 17.8. The predicted octanol–water partition coefficient (Wildman–Crippen LogP) is 1.91. The zero-order valence-electron chi connectivity index (χ0n) is 14.2. The molecule has 0 spiro atoms. The minimum Gasteiger partial charge on any atom is -0.342 e. The summed E-state index contributed by atoms with van der Waals surface area (Å²) in [5, 5.41) is 3.74. The summed E-state index contributed by atoms with van der Waals surface area (Å²) in [6, 6.07) is 0.894. The van der Waals surface area contributed by atoms with Crippen molar-refractivity contribution < 1.29 is 22.8 Å². The second-order valence-electron chi connectivity index (χ2n) is 6.80. The van der Waals surface area contributed by atoms with Crippen LogP contribution >= 0.6 is 0 Å². The van der Waals surface area contributed by atoms with Gasteiger partial charge in [0.1, 0.15) is 5.69 Å². The summed E-state index contributed by atoms with van der Waals surface area (Å²) < 4.78 is 39.4. The first-order valence-electron chi connectivity index (χ1n) is 8.34. The number of alkyl halides is 3. The highest BCUT2D eigenvalue weighted by molar-refractivity contribution is 5.92. The Kier molecular flexibility index (Phi) is 4.51. The van der Waals surface area contributed by atoms with Crippen molar-refractivity contribution in [3.63, 3.8) is 0 Å². The molecule has 0 radical (unpaired) electrons. The minimum absolute atomic E-state index is 0.0912. The van der Waals surface area contributed by atoms with Gasteiger partial charge in [-0.2, -0.15) is 18.3 Å². The van der Waals surface area contributed by atoms with Crippen LogP contribution in [0.5, 0.6) is 0 Å². The van der Waals surface area contributed by atoms with Gasteiger partial charge in [0.15, 0.2) is 5.69 Å². The summed E-state index contributed by atoms with van der Waals surface area (Å²) in [5.41, 5.74) is -1.13. The normalized spacial score (nSPS) is 24.9. The summed E-state index contributed by atoms with van der Waals surface area (Å²) in [6.45, 7) is 0.856. The molecule has 2 aliphatic heterocycles. The molecule has 0 N–H and O–H groups in total. The van der Waals surface area contributed by atoms with Gasteiger partial charge in [-0.3, -0.25) is 14.3 Å². The molecule has 2 saturated heterocycles. The van der Waals surface area contributed by atoms with Gasteiger partial charge in [-0.1, -0.05) is 0 Å². The Morgan fingerprint density at radius 2 is 2.00 bits per heavy atom. The van der Waals surface area contributed by atoms with Crippen molar-refractivity contribution in [3.05, 3.63) is 17.5 Å². The summed E-state index contributed by atoms with van der Waals surface area (Å²) in [7, 11) is 2.97. The molecule has 25 heavy (non-hydrogen) atoms. The lowest BCUT2D eigenvalue weighted by atomic mass is 9.88. The fraction of sp³-hybridized carbons (Fsp3) is 0.688. The Bertz CT molecular complexity index is 685. The van der Waals surface area contributed by atoms with E-state index in [0.29, 0.717) is 30.6 Å². The van der Waals surface area contributed by atoms with Crippen LogP contribution in [0.3, 0.4) is 0 Å². The number of carbonyl (C=O) groups is 2. The molecule has 3 rings (SSSR count). The fourth-order valence-corrected chi connectivity index (χ4v) is 3.87. The highest BCUT2D eigenvalue weighted by Gasteiger charge is 2.39. The van der Waals surface area contributed by atoms with Crippen molar-refractivity contribution >= 4 is 11.8 Å². The van der Waals surface area contributed by atoms with E-state index in [1.54, 1.807) is 16.8 Å². The van der Waals surface area contributed by atoms with Crippen LogP contribution in [-0.4, -0.2) is 57.6 Å². The van der Waals surface area contributed by atoms with Gasteiger partial charge in [0.05, 0.1) is 0 Å². The monoisotopic (exact) mass is 358 g/mol. The van der Waals surface area contributed by atoms with Gasteiger partial charge in [-0.25, -0.2) is 0 Å². The SMILES string of the molecule is CN1C(=O)CCC[C@@H]2CN(C(=O)c3cc(C(F)(F)F)n(C)n3)CC[C@H]21. The largest absolute Gasteiger partial charge is 0.433 e. The number of piperidine rings is 1. The maximum Gasteiger partial charge on any atom is 0.433 e. The lowest BCUT2D eigenvalue weighted by Crippen LogP contribution is -2.51. The predicted molar refractivity (Wildman–Crippen MR) is 82.6 cm³/mol. The lowest BCUT2D eigenvalue weighted by Gasteiger charge is -2.41. The second-order valence-corrected chi connectivity index (χ2v) is 6.80. The van der Waals surface area contributed by atoms with Gasteiger partial charge in [0, 0.05) is 45.7 Å². The van der Waals surface area contributed by atoms with Crippen LogP contribution in [0.15, 0.2) is 6.07 Å². The van der Waals surface area contributed by atoms with Gasteiger partial charge in [0.25, 0.3) is 5.91 Å². The van der Waals surface area contributed by atoms with E-state index in [4.69, 9.17) is 0 Å². The third-order valence-electron chi connectivity index (χ3n) is 5.23. The van der Waals surface area contributed by atoms with Gasteiger partial charge in [0.2, 0.25) is 5.91 Å². The van der Waals surface area contributed by atoms with Crippen LogP contribution in [0.1, 0.15) is 41.9 Å². The molecule has 0 bridgehead atoms. The number of hydrogen-bond acceptors (Lipinski definition) is 3. The number of likely N-dealkylation sites (tertiary alicyclic amines) is 2. The molecule has 0 aromatic carbocycles. The Hall–Kier alpha value is -2.06. The van der Waals surface area contributed by atoms with Crippen molar-refractivity contribution in [1.82, 2.24) is 19.6 Å². The lowest BCUT2D eigenvalue weighted by molar-refractivity contribution is -0.143. The Balaban J connectivity index is 1.75. The molecule has 9 heteroatoms. The molecular formula is C16H21F3N4O2. The van der Waals surface area contributed by atoms with Gasteiger partial charge >= 0.3 is 6.18 Å². The number of nitrogens with zero attached hydrogens (tertiary/aromatic N) is 4. The van der Waals surface area contributed by atoms with Crippen molar-refractivity contribution in [2.45, 2.75) is 37.9 Å². The number of amides is 2. The molecule has 138 valence electrons. The zero-order valence-corrected chi connectivity index (χ0v) is 14.2. The van der Waals surface area contributed by atoms with Crippen molar-refractivity contribution in [2.24, 2.45) is 13.0 Å². The number of fused-ring (bicyclic) bond motifs is 1. The Labute approximate surface area is 143 Å². The molecule has 3 heterocycles. The summed E-state index contributed by atoms with van der Waals surface area (Å²) >= 11 is 0. The van der Waals surface area contributed by atoms with E-state index in [-0.39, 0.29) is 23.6 Å². The van der Waals surface area contributed by atoms with E-state index in [2.05, 4.69) is 5.10 Å². The molecule has 1 aromatic rings. The molecule has 2 fully saturated rings. The third-order valence-corrected chi connectivity index (χ3v) is 5.23. The highest BCUT2D eigenvalue weighted by Crippen LogP contribution is 2.32. The van der Waals surface area contributed by atoms with Crippen molar-refractivity contribution in [3.8, 4) is 0 Å². The molecular weight excluding hydrogens is 337 g/mol. The minimum atomic E-state index is -4.54. The first-order chi connectivity index (χ1) is 11.7. The summed E-state index contributed by atoms with van der Waals surface area (Å²) in [4.78, 5) is 27.9. The van der Waals surface area contributed by atoms with E-state index < -0.39 is 17.8 Å². The number of carbonyl (C=O) groups excluding carboxylic acids is 2. The quantitative estimate of drug-likeness (QED) is 0.771. The molecule has 2 amide bonds. The number of hydrogen-bond donors (Lipinski definition) is 0. The van der Waals surface area contributed by atoms with Crippen LogP contribution in [0.4, 0.5) is 13.2 Å². The zero-order chi connectivity index (χ0) is 18.4. The molecule has 2 atom stereocenters. The van der Waals surface area contributed by atoms with E-state index >= 15 is 0 Å². The van der Waals surface area contributed by atoms with Crippen LogP contribution in [0.25, 0.3) is 0 Å². The molecule has 6 nitrogen and oxygen atoms in total. The average Bonchev–Trinajstić information content (AvgIpc) is 2.89. The fourth-order valence-electron chi connectivity index (χ4n) is 3.87. The Morgan fingerprint density at radius 1 is 1.28 bits per heavy atom. The van der Waals surface area contributed by atoms with Crippen LogP contribution in [-0.2, 0) is 18.0 Å². The third kappa shape index (κ3) is 3.36. The standard InChI is InChI=1S/C16H21F3N4O2/c1-21-12-6-7-23(9-10(12)4-3-5-14(21)24)15(25)11-8-13(16(17,18)19)22(2)20-11/h8,10,12H,3-7,9H2,1-2H3/t10-,12-/m1/s1. The van der Waals surface area contributed by atoms with E-state index in [1.165, 1.54) is 7.05 Å². The first-order valence-corrected chi connectivity index (χ1v) is 8.34. The van der Waals surface area contributed by atoms with Crippen LogP contribution in [0, 0.1) is 5.92 Å². The maximum atomic E-state index is 12.9. The number of halogens is 3. The highest BCUT2D eigenvalue weighted by atomic mass is 19.4. The molecule has 2 aliphatic rings. The van der Waals surface area contributed by atoms with Crippen molar-refractivity contribution in [2.75, 3.05) is 20.1 Å². The molecule has 1 aromatic heterocycles. The van der Waals surface area contributed by atoms with Crippen LogP contribution in [0.2, 0.25) is 0 Å². The molecule has 0 saturated carbocycles. The topological polar surface area (TPSA) is 58.4 Å². The number of aromatic nitrogens is 2. The average molecular weight is 358 g/mol. The van der Waals surface area contributed by atoms with Crippen molar-refractivity contribution in [1.29, 1.82) is 0 Å². The maximum absolute atomic E-state index is 12.9. The van der Waals surface area contributed by atoms with E-state index in [1.807, 2.05) is 0 Å². The molecule has 0 aliphatic carbocycles. The van der Waals surface area contributed by atoms with Gasteiger partial charge in [-0.05, 0) is 25.2 Å². The summed E-state index contributed by atoms with van der Waals surface area (Å²) in [5.74, 6) is -0.213. The second kappa shape index (κ2) is 6.34. The number of aryl methyl sites for hydroxylation is 1. The van der Waals surface area contributed by atoms with Gasteiger partial charge in [-0.15, -0.1) is 0 Å². The smallest absolute Gasteiger partial charge is 0.342 e.